The summed E-state index contributed by atoms with van der Waals surface area (Å²) >= 11 is 0. The Bertz CT molecular complexity index is 307. The van der Waals surface area contributed by atoms with Crippen molar-refractivity contribution in [3.8, 4) is 0 Å². The monoisotopic (exact) mass is 165 g/mol. The van der Waals surface area contributed by atoms with Gasteiger partial charge in [-0.2, -0.15) is 0 Å². The van der Waals surface area contributed by atoms with Gasteiger partial charge in [0.05, 0.1) is 5.56 Å². The highest BCUT2D eigenvalue weighted by Gasteiger charge is 2.04. The van der Waals surface area contributed by atoms with E-state index in [9.17, 15) is 4.79 Å². The molecule has 3 nitrogen and oxygen atoms in total. The highest BCUT2D eigenvalue weighted by molar-refractivity contribution is 5.88. The molecule has 0 aromatic heterocycles. The molecule has 0 saturated heterocycles. The zero-order chi connectivity index (χ0) is 9.14. The average molecular weight is 165 g/mol. The van der Waals surface area contributed by atoms with Gasteiger partial charge in [0.2, 0.25) is 0 Å². The molecule has 3 heteroatoms. The van der Waals surface area contributed by atoms with Crippen LogP contribution in [0.1, 0.15) is 22.8 Å². The van der Waals surface area contributed by atoms with Crippen LogP contribution in [0.25, 0.3) is 0 Å². The molecule has 0 amide bonds. The van der Waals surface area contributed by atoms with Crippen LogP contribution in [0.4, 0.5) is 5.69 Å². The van der Waals surface area contributed by atoms with E-state index in [-0.39, 0.29) is 5.56 Å². The minimum atomic E-state index is -0.940. The normalized spacial score (nSPS) is 9.75. The number of nitrogen functional groups attached to an aromatic ring is 1. The highest BCUT2D eigenvalue weighted by atomic mass is 16.4. The number of rotatable bonds is 2. The summed E-state index contributed by atoms with van der Waals surface area (Å²) < 4.78 is 0. The summed E-state index contributed by atoms with van der Waals surface area (Å²) in [6.45, 7) is 1.98. The molecule has 0 fully saturated rings. The van der Waals surface area contributed by atoms with Crippen LogP contribution in [0.2, 0.25) is 0 Å². The first-order chi connectivity index (χ1) is 5.65. The molecule has 0 heterocycles. The predicted octanol–water partition coefficient (Wildman–Crippen LogP) is 1.53. The molecule has 0 aliphatic rings. The number of benzene rings is 1. The molecule has 3 N–H and O–H groups in total. The third kappa shape index (κ3) is 1.56. The van der Waals surface area contributed by atoms with E-state index >= 15 is 0 Å². The summed E-state index contributed by atoms with van der Waals surface area (Å²) in [5, 5.41) is 8.62. The van der Waals surface area contributed by atoms with E-state index in [2.05, 4.69) is 0 Å². The molecule has 1 aromatic carbocycles. The van der Waals surface area contributed by atoms with Gasteiger partial charge in [0, 0.05) is 5.69 Å². The van der Waals surface area contributed by atoms with Gasteiger partial charge in [0.25, 0.3) is 0 Å². The zero-order valence-corrected chi connectivity index (χ0v) is 6.87. The summed E-state index contributed by atoms with van der Waals surface area (Å²) in [6.07, 6.45) is 0.825. The fraction of sp³-hybridized carbons (Fsp3) is 0.222. The lowest BCUT2D eigenvalue weighted by Crippen LogP contribution is -2.00. The lowest BCUT2D eigenvalue weighted by molar-refractivity contribution is 0.0697. The second-order valence-corrected chi connectivity index (χ2v) is 2.57. The van der Waals surface area contributed by atoms with Crippen molar-refractivity contribution in [2.24, 2.45) is 0 Å². The first kappa shape index (κ1) is 8.59. The van der Waals surface area contributed by atoms with Crippen molar-refractivity contribution in [3.63, 3.8) is 0 Å². The molecule has 0 spiro atoms. The van der Waals surface area contributed by atoms with Crippen molar-refractivity contribution in [1.82, 2.24) is 0 Å². The second-order valence-electron chi connectivity index (χ2n) is 2.57. The minimum Gasteiger partial charge on any atom is -0.478 e. The Kier molecular flexibility index (Phi) is 2.33. The van der Waals surface area contributed by atoms with Gasteiger partial charge in [0.15, 0.2) is 0 Å². The smallest absolute Gasteiger partial charge is 0.335 e. The van der Waals surface area contributed by atoms with Crippen LogP contribution in [-0.4, -0.2) is 11.1 Å². The van der Waals surface area contributed by atoms with Crippen molar-refractivity contribution >= 4 is 11.7 Å². The van der Waals surface area contributed by atoms with E-state index in [1.165, 1.54) is 6.07 Å². The maximum Gasteiger partial charge on any atom is 0.335 e. The van der Waals surface area contributed by atoms with Crippen molar-refractivity contribution in [1.29, 1.82) is 0 Å². The molecule has 1 rings (SSSR count). The maximum absolute atomic E-state index is 10.5. The summed E-state index contributed by atoms with van der Waals surface area (Å²) in [6, 6.07) is 4.80. The molecular formula is C9H11NO2. The quantitative estimate of drug-likeness (QED) is 0.653. The summed E-state index contributed by atoms with van der Waals surface area (Å²) in [5.74, 6) is -0.940. The topological polar surface area (TPSA) is 63.3 Å². The average Bonchev–Trinajstić information content (AvgIpc) is 2.04. The van der Waals surface area contributed by atoms with Gasteiger partial charge in [0.1, 0.15) is 0 Å². The number of aryl methyl sites for hydroxylation is 1. The number of nitrogens with two attached hydrogens (primary N) is 1. The maximum atomic E-state index is 10.5. The summed E-state index contributed by atoms with van der Waals surface area (Å²) in [5.41, 5.74) is 7.39. The first-order valence-corrected chi connectivity index (χ1v) is 3.77. The van der Waals surface area contributed by atoms with Crippen LogP contribution < -0.4 is 5.73 Å². The standard InChI is InChI=1S/C9H11NO2/c1-2-6-3-4-7(9(11)12)5-8(6)10/h3-5H,2,10H2,1H3,(H,11,12). The van der Waals surface area contributed by atoms with Gasteiger partial charge in [-0.15, -0.1) is 0 Å². The van der Waals surface area contributed by atoms with E-state index in [0.717, 1.165) is 12.0 Å². The van der Waals surface area contributed by atoms with Crippen molar-refractivity contribution in [3.05, 3.63) is 29.3 Å². The molecule has 1 aromatic rings. The lowest BCUT2D eigenvalue weighted by atomic mass is 10.1. The van der Waals surface area contributed by atoms with E-state index in [1.54, 1.807) is 12.1 Å². The molecule has 0 aliphatic carbocycles. The molecule has 12 heavy (non-hydrogen) atoms. The fourth-order valence-corrected chi connectivity index (χ4v) is 1.05. The van der Waals surface area contributed by atoms with Crippen molar-refractivity contribution in [2.45, 2.75) is 13.3 Å². The van der Waals surface area contributed by atoms with Gasteiger partial charge in [-0.1, -0.05) is 13.0 Å². The van der Waals surface area contributed by atoms with Crippen LogP contribution in [-0.2, 0) is 6.42 Å². The number of aromatic carboxylic acids is 1. The minimum absolute atomic E-state index is 0.240. The molecule has 0 aliphatic heterocycles. The Labute approximate surface area is 70.8 Å². The van der Waals surface area contributed by atoms with Crippen LogP contribution >= 0.6 is 0 Å². The number of carboxylic acids is 1. The lowest BCUT2D eigenvalue weighted by Gasteiger charge is -2.02. The van der Waals surface area contributed by atoms with E-state index < -0.39 is 5.97 Å². The van der Waals surface area contributed by atoms with Crippen molar-refractivity contribution < 1.29 is 9.90 Å². The van der Waals surface area contributed by atoms with Crippen LogP contribution in [0.15, 0.2) is 18.2 Å². The van der Waals surface area contributed by atoms with E-state index in [1.807, 2.05) is 6.92 Å². The third-order valence-corrected chi connectivity index (χ3v) is 1.77. The molecule has 64 valence electrons. The zero-order valence-electron chi connectivity index (χ0n) is 6.87. The Morgan fingerprint density at radius 2 is 2.25 bits per heavy atom. The van der Waals surface area contributed by atoms with E-state index in [0.29, 0.717) is 5.69 Å². The van der Waals surface area contributed by atoms with Crippen LogP contribution in [0.5, 0.6) is 0 Å². The number of hydrogen-bond donors (Lipinski definition) is 2. The van der Waals surface area contributed by atoms with Gasteiger partial charge < -0.3 is 10.8 Å². The van der Waals surface area contributed by atoms with Gasteiger partial charge in [-0.3, -0.25) is 0 Å². The number of carboxylic acid groups (broad SMARTS) is 1. The molecule has 0 saturated carbocycles. The van der Waals surface area contributed by atoms with E-state index in [4.69, 9.17) is 10.8 Å². The summed E-state index contributed by atoms with van der Waals surface area (Å²) in [7, 11) is 0. The SMILES string of the molecule is CCc1ccc(C(=O)O)cc1N. The molecule has 0 unspecified atom stereocenters. The molecule has 0 bridgehead atoms. The van der Waals surface area contributed by atoms with Gasteiger partial charge in [-0.05, 0) is 24.1 Å². The third-order valence-electron chi connectivity index (χ3n) is 1.77. The summed E-state index contributed by atoms with van der Waals surface area (Å²) in [4.78, 5) is 10.5. The molecule has 0 radical (unpaired) electrons. The van der Waals surface area contributed by atoms with Gasteiger partial charge >= 0.3 is 5.97 Å². The first-order valence-electron chi connectivity index (χ1n) is 3.77. The number of carbonyl (C=O) groups is 1. The number of hydrogen-bond acceptors (Lipinski definition) is 2. The highest BCUT2D eigenvalue weighted by Crippen LogP contribution is 2.14. The van der Waals surface area contributed by atoms with Crippen LogP contribution in [0.3, 0.4) is 0 Å². The Morgan fingerprint density at radius 1 is 1.58 bits per heavy atom. The predicted molar refractivity (Wildman–Crippen MR) is 47.2 cm³/mol. The molecule has 0 atom stereocenters. The Morgan fingerprint density at radius 3 is 2.67 bits per heavy atom. The number of anilines is 1. The Hall–Kier alpha value is -1.51. The Balaban J connectivity index is 3.10. The largest absolute Gasteiger partial charge is 0.478 e. The van der Waals surface area contributed by atoms with Crippen molar-refractivity contribution in [2.75, 3.05) is 5.73 Å². The second kappa shape index (κ2) is 3.26. The van der Waals surface area contributed by atoms with Crippen LogP contribution in [0, 0.1) is 0 Å². The van der Waals surface area contributed by atoms with Gasteiger partial charge in [-0.25, -0.2) is 4.79 Å². The molecular weight excluding hydrogens is 154 g/mol. The fourth-order valence-electron chi connectivity index (χ4n) is 1.05.